The van der Waals surface area contributed by atoms with Crippen molar-refractivity contribution in [3.8, 4) is 17.2 Å². The van der Waals surface area contributed by atoms with Crippen molar-refractivity contribution in [1.29, 1.82) is 0 Å². The lowest BCUT2D eigenvalue weighted by Crippen LogP contribution is -2.25. The van der Waals surface area contributed by atoms with E-state index >= 15 is 0 Å². The van der Waals surface area contributed by atoms with E-state index < -0.39 is 0 Å². The van der Waals surface area contributed by atoms with Gasteiger partial charge in [-0.2, -0.15) is 0 Å². The molecule has 0 bridgehead atoms. The van der Waals surface area contributed by atoms with E-state index in [1.807, 2.05) is 23.9 Å². The first kappa shape index (κ1) is 11.0. The lowest BCUT2D eigenvalue weighted by atomic mass is 10.1. The standard InChI is InChI=1S/C12H15NO3S/c1-14-9-5-8(12-13-3-2-4-17-12)6-10-11(9)16-7-15-10/h5-6,12-13H,2-4,7H2,1H3. The normalized spacial score (nSPS) is 22.5. The quantitative estimate of drug-likeness (QED) is 0.874. The first-order chi connectivity index (χ1) is 8.38. The fourth-order valence-electron chi connectivity index (χ4n) is 2.08. The SMILES string of the molecule is COc1cc(C2NCCCS2)cc2c1OCO2. The van der Waals surface area contributed by atoms with Crippen molar-refractivity contribution < 1.29 is 14.2 Å². The molecule has 17 heavy (non-hydrogen) atoms. The average Bonchev–Trinajstić information content (AvgIpc) is 2.86. The minimum Gasteiger partial charge on any atom is -0.493 e. The van der Waals surface area contributed by atoms with Crippen LogP contribution in [0, 0.1) is 0 Å². The molecule has 5 heteroatoms. The van der Waals surface area contributed by atoms with Gasteiger partial charge in [0.1, 0.15) is 0 Å². The van der Waals surface area contributed by atoms with E-state index in [0.717, 1.165) is 23.8 Å². The van der Waals surface area contributed by atoms with E-state index in [2.05, 4.69) is 5.32 Å². The number of methoxy groups -OCH3 is 1. The zero-order valence-electron chi connectivity index (χ0n) is 9.69. The van der Waals surface area contributed by atoms with Crippen molar-refractivity contribution in [2.45, 2.75) is 11.8 Å². The maximum atomic E-state index is 5.43. The van der Waals surface area contributed by atoms with Gasteiger partial charge in [0, 0.05) is 0 Å². The Kier molecular flexibility index (Phi) is 3.03. The molecule has 1 unspecified atom stereocenters. The van der Waals surface area contributed by atoms with Gasteiger partial charge in [-0.05, 0) is 36.4 Å². The predicted octanol–water partition coefficient (Wildman–Crippen LogP) is 2.15. The molecule has 3 rings (SSSR count). The zero-order chi connectivity index (χ0) is 11.7. The van der Waals surface area contributed by atoms with E-state index in [9.17, 15) is 0 Å². The zero-order valence-corrected chi connectivity index (χ0v) is 10.5. The Labute approximate surface area is 105 Å². The molecule has 0 saturated carbocycles. The van der Waals surface area contributed by atoms with Crippen LogP contribution in [-0.4, -0.2) is 26.2 Å². The van der Waals surface area contributed by atoms with Gasteiger partial charge < -0.3 is 19.5 Å². The molecular formula is C12H15NO3S. The molecule has 4 nitrogen and oxygen atoms in total. The van der Waals surface area contributed by atoms with Gasteiger partial charge in [-0.25, -0.2) is 0 Å². The third-order valence-electron chi connectivity index (χ3n) is 2.92. The molecule has 2 aliphatic heterocycles. The smallest absolute Gasteiger partial charge is 0.231 e. The fraction of sp³-hybridized carbons (Fsp3) is 0.500. The van der Waals surface area contributed by atoms with Crippen LogP contribution in [0.5, 0.6) is 17.2 Å². The second kappa shape index (κ2) is 4.66. The van der Waals surface area contributed by atoms with Gasteiger partial charge in [0.25, 0.3) is 0 Å². The molecule has 2 heterocycles. The Balaban J connectivity index is 1.94. The number of nitrogens with one attached hydrogen (secondary N) is 1. The van der Waals surface area contributed by atoms with Crippen molar-refractivity contribution in [3.63, 3.8) is 0 Å². The third kappa shape index (κ3) is 2.05. The summed E-state index contributed by atoms with van der Waals surface area (Å²) in [7, 11) is 1.66. The molecule has 2 aliphatic rings. The number of rotatable bonds is 2. The van der Waals surface area contributed by atoms with Gasteiger partial charge in [-0.15, -0.1) is 11.8 Å². The minimum absolute atomic E-state index is 0.278. The Bertz CT molecular complexity index is 418. The Morgan fingerprint density at radius 2 is 2.35 bits per heavy atom. The number of hydrogen-bond acceptors (Lipinski definition) is 5. The molecule has 0 amide bonds. The third-order valence-corrected chi connectivity index (χ3v) is 4.22. The summed E-state index contributed by atoms with van der Waals surface area (Å²) in [5, 5.41) is 3.81. The maximum absolute atomic E-state index is 5.43. The molecule has 1 aromatic carbocycles. The van der Waals surface area contributed by atoms with Crippen molar-refractivity contribution in [2.24, 2.45) is 0 Å². The molecule has 0 radical (unpaired) electrons. The van der Waals surface area contributed by atoms with Crippen molar-refractivity contribution in [2.75, 3.05) is 26.2 Å². The molecule has 1 aromatic rings. The second-order valence-electron chi connectivity index (χ2n) is 4.02. The summed E-state index contributed by atoms with van der Waals surface area (Å²) in [6, 6.07) is 4.07. The second-order valence-corrected chi connectivity index (χ2v) is 5.23. The van der Waals surface area contributed by atoms with Crippen LogP contribution in [0.2, 0.25) is 0 Å². The summed E-state index contributed by atoms with van der Waals surface area (Å²) in [4.78, 5) is 0. The van der Waals surface area contributed by atoms with Crippen molar-refractivity contribution in [3.05, 3.63) is 17.7 Å². The predicted molar refractivity (Wildman–Crippen MR) is 66.9 cm³/mol. The number of benzene rings is 1. The van der Waals surface area contributed by atoms with Crippen LogP contribution >= 0.6 is 11.8 Å². The average molecular weight is 253 g/mol. The number of fused-ring (bicyclic) bond motifs is 1. The molecule has 92 valence electrons. The number of thioether (sulfide) groups is 1. The van der Waals surface area contributed by atoms with E-state index in [4.69, 9.17) is 14.2 Å². The van der Waals surface area contributed by atoms with Crippen LogP contribution in [0.1, 0.15) is 17.4 Å². The highest BCUT2D eigenvalue weighted by atomic mass is 32.2. The summed E-state index contributed by atoms with van der Waals surface area (Å²) in [6.07, 6.45) is 1.23. The topological polar surface area (TPSA) is 39.7 Å². The van der Waals surface area contributed by atoms with E-state index in [0.29, 0.717) is 5.37 Å². The number of hydrogen-bond donors (Lipinski definition) is 1. The van der Waals surface area contributed by atoms with Crippen molar-refractivity contribution in [1.82, 2.24) is 5.32 Å². The molecule has 1 atom stereocenters. The monoisotopic (exact) mass is 253 g/mol. The van der Waals surface area contributed by atoms with Crippen molar-refractivity contribution >= 4 is 11.8 Å². The van der Waals surface area contributed by atoms with E-state index in [-0.39, 0.29) is 6.79 Å². The highest BCUT2D eigenvalue weighted by molar-refractivity contribution is 7.99. The fourth-order valence-corrected chi connectivity index (χ4v) is 3.19. The minimum atomic E-state index is 0.278. The van der Waals surface area contributed by atoms with Gasteiger partial charge >= 0.3 is 0 Å². The Morgan fingerprint density at radius 3 is 3.12 bits per heavy atom. The molecule has 1 saturated heterocycles. The molecule has 1 fully saturated rings. The summed E-state index contributed by atoms with van der Waals surface area (Å²) >= 11 is 1.92. The van der Waals surface area contributed by atoms with Crippen LogP contribution < -0.4 is 19.5 Å². The lowest BCUT2D eigenvalue weighted by Gasteiger charge is -2.24. The van der Waals surface area contributed by atoms with Gasteiger partial charge in [0.05, 0.1) is 12.5 Å². The summed E-state index contributed by atoms with van der Waals surface area (Å²) in [6.45, 7) is 1.34. The highest BCUT2D eigenvalue weighted by Crippen LogP contribution is 2.44. The van der Waals surface area contributed by atoms with Gasteiger partial charge in [0.15, 0.2) is 11.5 Å². The van der Waals surface area contributed by atoms with Crippen LogP contribution in [0.25, 0.3) is 0 Å². The first-order valence-corrected chi connectivity index (χ1v) is 6.76. The van der Waals surface area contributed by atoms with Gasteiger partial charge in [-0.3, -0.25) is 0 Å². The van der Waals surface area contributed by atoms with Gasteiger partial charge in [-0.1, -0.05) is 0 Å². The molecular weight excluding hydrogens is 238 g/mol. The molecule has 0 aromatic heterocycles. The van der Waals surface area contributed by atoms with Crippen LogP contribution in [0.15, 0.2) is 12.1 Å². The van der Waals surface area contributed by atoms with Crippen LogP contribution in [0.3, 0.4) is 0 Å². The molecule has 0 spiro atoms. The summed E-state index contributed by atoms with van der Waals surface area (Å²) < 4.78 is 16.2. The Hall–Kier alpha value is -1.07. The van der Waals surface area contributed by atoms with Crippen LogP contribution in [-0.2, 0) is 0 Å². The largest absolute Gasteiger partial charge is 0.493 e. The van der Waals surface area contributed by atoms with Gasteiger partial charge in [0.2, 0.25) is 12.5 Å². The molecule has 1 N–H and O–H groups in total. The Morgan fingerprint density at radius 1 is 1.41 bits per heavy atom. The summed E-state index contributed by atoms with van der Waals surface area (Å²) in [5.41, 5.74) is 1.19. The molecule has 0 aliphatic carbocycles. The maximum Gasteiger partial charge on any atom is 0.231 e. The lowest BCUT2D eigenvalue weighted by molar-refractivity contribution is 0.171. The summed E-state index contributed by atoms with van der Waals surface area (Å²) in [5.74, 6) is 3.45. The number of ether oxygens (including phenoxy) is 3. The van der Waals surface area contributed by atoms with E-state index in [1.54, 1.807) is 7.11 Å². The first-order valence-electron chi connectivity index (χ1n) is 5.71. The van der Waals surface area contributed by atoms with Crippen LogP contribution in [0.4, 0.5) is 0 Å². The van der Waals surface area contributed by atoms with E-state index in [1.165, 1.54) is 17.7 Å². The highest BCUT2D eigenvalue weighted by Gasteiger charge is 2.24.